The molecule has 0 radical (unpaired) electrons. The van der Waals surface area contributed by atoms with Gasteiger partial charge in [0.15, 0.2) is 6.10 Å². The standard InChI is InChI=1S/C43H85NO6S/c1-4-6-8-10-12-14-16-18-20-21-23-25-27-29-31-33-35-44(43(49)51,42-41(48)40(47)39(46)38(36-45)50-42)37(3)34-32-30-28-26-24-22-19-17-15-13-11-9-7-5-2/h37-42,45-48H,4-36H2,1-3H3/p+1/t37?,38-,39-,40+,41-,42?,44?/m1/s1. The Bertz CT molecular complexity index is 802. The molecule has 0 spiro atoms. The van der Waals surface area contributed by atoms with Crippen molar-refractivity contribution in [1.29, 1.82) is 0 Å². The van der Waals surface area contributed by atoms with Gasteiger partial charge in [0.1, 0.15) is 18.3 Å². The van der Waals surface area contributed by atoms with Gasteiger partial charge < -0.3 is 25.2 Å². The number of thiol groups is 1. The summed E-state index contributed by atoms with van der Waals surface area (Å²) in [6.45, 7) is 6.51. The van der Waals surface area contributed by atoms with Gasteiger partial charge >= 0.3 is 5.24 Å². The highest BCUT2D eigenvalue weighted by molar-refractivity contribution is 7.96. The number of rotatable bonds is 35. The van der Waals surface area contributed by atoms with Crippen LogP contribution in [-0.4, -0.2) is 80.0 Å². The highest BCUT2D eigenvalue weighted by atomic mass is 32.1. The van der Waals surface area contributed by atoms with Crippen LogP contribution in [0.5, 0.6) is 0 Å². The highest BCUT2D eigenvalue weighted by Crippen LogP contribution is 2.35. The van der Waals surface area contributed by atoms with Crippen LogP contribution >= 0.6 is 12.6 Å². The molecule has 1 heterocycles. The molecule has 7 atom stereocenters. The molecule has 51 heavy (non-hydrogen) atoms. The number of ether oxygens (including phenoxy) is 1. The number of carbonyl (C=O) groups is 1. The van der Waals surface area contributed by atoms with Crippen molar-refractivity contribution in [3.8, 4) is 0 Å². The Morgan fingerprint density at radius 2 is 0.882 bits per heavy atom. The molecule has 0 saturated carbocycles. The van der Waals surface area contributed by atoms with Crippen LogP contribution < -0.4 is 0 Å². The monoisotopic (exact) mass is 745 g/mol. The average molecular weight is 745 g/mol. The van der Waals surface area contributed by atoms with Crippen molar-refractivity contribution in [3.05, 3.63) is 0 Å². The number of unbranched alkanes of at least 4 members (excludes halogenated alkanes) is 28. The summed E-state index contributed by atoms with van der Waals surface area (Å²) in [5, 5.41) is 41.8. The molecule has 0 bridgehead atoms. The third kappa shape index (κ3) is 20.3. The van der Waals surface area contributed by atoms with Crippen molar-refractivity contribution in [2.45, 2.75) is 257 Å². The normalized spacial score (nSPS) is 22.6. The first-order chi connectivity index (χ1) is 24.8. The maximum atomic E-state index is 13.5. The molecule has 4 N–H and O–H groups in total. The molecule has 1 saturated heterocycles. The molecule has 1 aliphatic heterocycles. The molecular formula is C43H86NO6S+. The van der Waals surface area contributed by atoms with E-state index in [1.54, 1.807) is 0 Å². The number of nitrogens with zero attached hydrogens (tertiary/aromatic N) is 1. The van der Waals surface area contributed by atoms with E-state index in [1.807, 2.05) is 6.92 Å². The molecule has 0 aromatic rings. The smallest absolute Gasteiger partial charge is 0.374 e. The van der Waals surface area contributed by atoms with Gasteiger partial charge in [-0.25, -0.2) is 9.28 Å². The van der Waals surface area contributed by atoms with E-state index < -0.39 is 42.5 Å². The zero-order valence-corrected chi connectivity index (χ0v) is 34.7. The van der Waals surface area contributed by atoms with Crippen LogP contribution in [0.1, 0.15) is 220 Å². The molecular weight excluding hydrogens is 659 g/mol. The molecule has 1 aliphatic rings. The molecule has 304 valence electrons. The highest BCUT2D eigenvalue weighted by Gasteiger charge is 2.57. The summed E-state index contributed by atoms with van der Waals surface area (Å²) in [6.07, 6.45) is 32.5. The number of aliphatic hydroxyl groups excluding tert-OH is 4. The molecule has 0 aromatic heterocycles. The number of hydrogen-bond acceptors (Lipinski definition) is 6. The van der Waals surface area contributed by atoms with Crippen molar-refractivity contribution in [3.63, 3.8) is 0 Å². The number of quaternary nitrogens is 1. The lowest BCUT2D eigenvalue weighted by atomic mass is 9.94. The summed E-state index contributed by atoms with van der Waals surface area (Å²) in [5.74, 6) is 0. The van der Waals surface area contributed by atoms with Crippen molar-refractivity contribution < 1.29 is 34.4 Å². The van der Waals surface area contributed by atoms with E-state index >= 15 is 0 Å². The van der Waals surface area contributed by atoms with Gasteiger partial charge in [0.2, 0.25) is 6.23 Å². The zero-order chi connectivity index (χ0) is 37.6. The molecule has 1 amide bonds. The van der Waals surface area contributed by atoms with Gasteiger partial charge in [-0.15, -0.1) is 0 Å². The lowest BCUT2D eigenvalue weighted by Crippen LogP contribution is -2.73. The van der Waals surface area contributed by atoms with E-state index in [-0.39, 0.29) is 10.5 Å². The van der Waals surface area contributed by atoms with Gasteiger partial charge in [0, 0.05) is 0 Å². The maximum absolute atomic E-state index is 13.5. The Morgan fingerprint density at radius 1 is 0.549 bits per heavy atom. The molecule has 0 aromatic carbocycles. The number of carbonyl (C=O) groups excluding carboxylic acids is 1. The van der Waals surface area contributed by atoms with Gasteiger partial charge in [0.25, 0.3) is 0 Å². The van der Waals surface area contributed by atoms with Crippen LogP contribution in [0.3, 0.4) is 0 Å². The van der Waals surface area contributed by atoms with Gasteiger partial charge in [0.05, 0.1) is 19.2 Å². The topological polar surface area (TPSA) is 107 Å². The lowest BCUT2D eigenvalue weighted by Gasteiger charge is -2.51. The van der Waals surface area contributed by atoms with E-state index in [1.165, 1.54) is 161 Å². The summed E-state index contributed by atoms with van der Waals surface area (Å²) in [5.41, 5.74) is 0. The van der Waals surface area contributed by atoms with Crippen molar-refractivity contribution in [1.82, 2.24) is 0 Å². The zero-order valence-electron chi connectivity index (χ0n) is 33.8. The first-order valence-electron chi connectivity index (χ1n) is 22.2. The second kappa shape index (κ2) is 32.1. The van der Waals surface area contributed by atoms with Crippen molar-refractivity contribution in [2.75, 3.05) is 13.2 Å². The third-order valence-electron chi connectivity index (χ3n) is 11.8. The summed E-state index contributed by atoms with van der Waals surface area (Å²) < 4.78 is 5.87. The summed E-state index contributed by atoms with van der Waals surface area (Å²) in [4.78, 5) is 13.5. The van der Waals surface area contributed by atoms with E-state index in [4.69, 9.17) is 4.74 Å². The van der Waals surface area contributed by atoms with E-state index in [2.05, 4.69) is 26.5 Å². The molecule has 1 fully saturated rings. The lowest BCUT2D eigenvalue weighted by molar-refractivity contribution is -0.924. The minimum absolute atomic E-state index is 0.190. The van der Waals surface area contributed by atoms with Crippen LogP contribution in [0, 0.1) is 0 Å². The fourth-order valence-corrected chi connectivity index (χ4v) is 8.65. The van der Waals surface area contributed by atoms with Crippen LogP contribution in [0.15, 0.2) is 0 Å². The second-order valence-electron chi connectivity index (χ2n) is 16.2. The quantitative estimate of drug-likeness (QED) is 0.0251. The predicted molar refractivity (Wildman–Crippen MR) is 217 cm³/mol. The first-order valence-corrected chi connectivity index (χ1v) is 22.6. The minimum atomic E-state index is -1.51. The fourth-order valence-electron chi connectivity index (χ4n) is 8.24. The predicted octanol–water partition coefficient (Wildman–Crippen LogP) is 11.2. The largest absolute Gasteiger partial charge is 0.394 e. The second-order valence-corrected chi connectivity index (χ2v) is 16.6. The SMILES string of the molecule is CCCCCCCCCCCCCCCCCC[N+](C(=O)S)(C(C)CCCCCCCCCCCCCCCC)C1O[C@H](CO)[C@@H](O)[C@H](O)[C@H]1O. The van der Waals surface area contributed by atoms with Crippen LogP contribution in [0.2, 0.25) is 0 Å². The van der Waals surface area contributed by atoms with Gasteiger partial charge in [-0.2, -0.15) is 0 Å². The van der Waals surface area contributed by atoms with Gasteiger partial charge in [-0.1, -0.05) is 187 Å². The van der Waals surface area contributed by atoms with Crippen LogP contribution in [0.25, 0.3) is 0 Å². The Labute approximate surface area is 321 Å². The van der Waals surface area contributed by atoms with Gasteiger partial charge in [-0.3, -0.25) is 0 Å². The molecule has 7 nitrogen and oxygen atoms in total. The summed E-state index contributed by atoms with van der Waals surface area (Å²) in [6, 6.07) is -0.190. The molecule has 8 heteroatoms. The minimum Gasteiger partial charge on any atom is -0.394 e. The van der Waals surface area contributed by atoms with Crippen LogP contribution in [-0.2, 0) is 4.74 Å². The van der Waals surface area contributed by atoms with Crippen molar-refractivity contribution in [2.24, 2.45) is 0 Å². The Balaban J connectivity index is 2.52. The molecule has 3 unspecified atom stereocenters. The number of hydrogen-bond donors (Lipinski definition) is 5. The third-order valence-corrected chi connectivity index (χ3v) is 12.2. The van der Waals surface area contributed by atoms with E-state index in [0.717, 1.165) is 38.5 Å². The summed E-state index contributed by atoms with van der Waals surface area (Å²) in [7, 11) is 0. The van der Waals surface area contributed by atoms with E-state index in [0.29, 0.717) is 6.54 Å². The van der Waals surface area contributed by atoms with Crippen LogP contribution in [0.4, 0.5) is 4.79 Å². The van der Waals surface area contributed by atoms with Crippen molar-refractivity contribution >= 4 is 17.9 Å². The first kappa shape index (κ1) is 48.8. The van der Waals surface area contributed by atoms with Gasteiger partial charge in [-0.05, 0) is 45.2 Å². The number of amides is 1. The molecule has 1 rings (SSSR count). The number of aliphatic hydroxyl groups is 4. The van der Waals surface area contributed by atoms with E-state index in [9.17, 15) is 25.2 Å². The maximum Gasteiger partial charge on any atom is 0.374 e. The molecule has 0 aliphatic carbocycles. The Kier molecular flexibility index (Phi) is 30.7. The Morgan fingerprint density at radius 3 is 1.22 bits per heavy atom. The Hall–Kier alpha value is -0.220. The average Bonchev–Trinajstić information content (AvgIpc) is 3.12. The summed E-state index contributed by atoms with van der Waals surface area (Å²) >= 11 is 4.39. The fraction of sp³-hybridized carbons (Fsp3) is 0.977.